The third-order valence-electron chi connectivity index (χ3n) is 2.79. The van der Waals surface area contributed by atoms with Gasteiger partial charge in [-0.3, -0.25) is 0 Å². The summed E-state index contributed by atoms with van der Waals surface area (Å²) in [6.07, 6.45) is -0.749. The van der Waals surface area contributed by atoms with Crippen molar-refractivity contribution >= 4 is 22.6 Å². The lowest BCUT2D eigenvalue weighted by Gasteiger charge is -2.26. The summed E-state index contributed by atoms with van der Waals surface area (Å²) in [5.74, 6) is 0.874. The van der Waals surface area contributed by atoms with Gasteiger partial charge >= 0.3 is 5.97 Å². The molecule has 1 aromatic carbocycles. The molecule has 0 heterocycles. The van der Waals surface area contributed by atoms with E-state index in [4.69, 9.17) is 18.3 Å². The van der Waals surface area contributed by atoms with Crippen molar-refractivity contribution in [1.82, 2.24) is 0 Å². The number of ether oxygens (including phenoxy) is 2. The van der Waals surface area contributed by atoms with Gasteiger partial charge in [0.1, 0.15) is 5.75 Å². The maximum absolute atomic E-state index is 12.1. The molecule has 5 nitrogen and oxygen atoms in total. The molecule has 0 aliphatic rings. The Balaban J connectivity index is 3.20. The first-order valence-electron chi connectivity index (χ1n) is 7.59. The summed E-state index contributed by atoms with van der Waals surface area (Å²) in [6, 6.07) is 5.45. The van der Waals surface area contributed by atoms with Crippen molar-refractivity contribution in [1.29, 1.82) is 0 Å². The second-order valence-electron chi connectivity index (χ2n) is 7.26. The minimum atomic E-state index is -1.93. The largest absolute Gasteiger partial charge is 0.542 e. The van der Waals surface area contributed by atoms with E-state index in [9.17, 15) is 4.79 Å². The molecule has 0 fully saturated rings. The van der Waals surface area contributed by atoms with Crippen LogP contribution in [0, 0.1) is 0 Å². The van der Waals surface area contributed by atoms with E-state index < -0.39 is 28.7 Å². The minimum absolute atomic E-state index is 0.409. The molecule has 0 spiro atoms. The average Bonchev–Trinajstić information content (AvgIpc) is 2.42. The fraction of sp³-hybridized carbons (Fsp3) is 0.562. The van der Waals surface area contributed by atoms with Crippen LogP contribution in [0.4, 0.5) is 0 Å². The van der Waals surface area contributed by atoms with Gasteiger partial charge in [0.05, 0.1) is 14.2 Å². The molecule has 23 heavy (non-hydrogen) atoms. The van der Waals surface area contributed by atoms with Crippen LogP contribution in [0.5, 0.6) is 11.5 Å². The van der Waals surface area contributed by atoms with E-state index in [1.165, 1.54) is 7.11 Å². The monoisotopic (exact) mass is 356 g/mol. The molecule has 0 saturated heterocycles. The lowest BCUT2D eigenvalue weighted by Crippen LogP contribution is -2.32. The zero-order valence-corrected chi connectivity index (χ0v) is 17.4. The molecule has 1 rings (SSSR count). The highest BCUT2D eigenvalue weighted by Crippen LogP contribution is 2.34. The van der Waals surface area contributed by atoms with E-state index in [-0.39, 0.29) is 0 Å². The molecule has 130 valence electrons. The highest BCUT2D eigenvalue weighted by Gasteiger charge is 2.30. The van der Waals surface area contributed by atoms with Crippen LogP contribution < -0.4 is 9.16 Å². The van der Waals surface area contributed by atoms with Gasteiger partial charge in [0, 0.05) is 0 Å². The average molecular weight is 357 g/mol. The zero-order chi connectivity index (χ0) is 17.8. The Morgan fingerprint density at radius 2 is 1.57 bits per heavy atom. The van der Waals surface area contributed by atoms with Gasteiger partial charge in [-0.1, -0.05) is 6.07 Å². The molecule has 1 atom stereocenters. The van der Waals surface area contributed by atoms with Crippen molar-refractivity contribution in [3.63, 3.8) is 0 Å². The Kier molecular flexibility index (Phi) is 6.44. The van der Waals surface area contributed by atoms with E-state index in [1.54, 1.807) is 13.2 Å². The van der Waals surface area contributed by atoms with E-state index in [0.717, 1.165) is 0 Å². The lowest BCUT2D eigenvalue weighted by molar-refractivity contribution is -0.149. The zero-order valence-electron chi connectivity index (χ0n) is 15.4. The molecular weight excluding hydrogens is 328 g/mol. The number of methoxy groups -OCH3 is 2. The van der Waals surface area contributed by atoms with Crippen molar-refractivity contribution in [3.05, 3.63) is 23.8 Å². The first kappa shape index (κ1) is 19.7. The van der Waals surface area contributed by atoms with Crippen molar-refractivity contribution in [3.8, 4) is 11.5 Å². The smallest absolute Gasteiger partial charge is 0.338 e. The van der Waals surface area contributed by atoms with Gasteiger partial charge < -0.3 is 18.3 Å². The molecule has 0 aliphatic heterocycles. The third kappa shape index (κ3) is 6.36. The molecule has 1 aromatic rings. The normalized spacial score (nSPS) is 13.4. The maximum atomic E-state index is 12.1. The summed E-state index contributed by atoms with van der Waals surface area (Å²) < 4.78 is 22.3. The second kappa shape index (κ2) is 7.50. The van der Waals surface area contributed by atoms with Crippen LogP contribution in [-0.2, 0) is 14.0 Å². The van der Waals surface area contributed by atoms with Crippen LogP contribution in [-0.4, -0.2) is 36.8 Å². The number of carbonyl (C=O) groups excluding carboxylic acids is 1. The predicted octanol–water partition coefficient (Wildman–Crippen LogP) is 3.97. The third-order valence-corrected chi connectivity index (χ3v) is 4.57. The summed E-state index contributed by atoms with van der Waals surface area (Å²) in [4.78, 5) is 12.1. The van der Waals surface area contributed by atoms with Crippen molar-refractivity contribution in [2.24, 2.45) is 0 Å². The second-order valence-corrected chi connectivity index (χ2v) is 16.1. The van der Waals surface area contributed by atoms with Gasteiger partial charge in [-0.05, 0) is 57.0 Å². The topological polar surface area (TPSA) is 54.0 Å². The SMILES string of the molecule is COC(=O)C(O[Si](C)(C)C)c1ccc(O[Si](C)(C)C)c(OC)c1. The highest BCUT2D eigenvalue weighted by atomic mass is 28.4. The lowest BCUT2D eigenvalue weighted by atomic mass is 10.1. The fourth-order valence-electron chi connectivity index (χ4n) is 1.97. The first-order valence-corrected chi connectivity index (χ1v) is 14.4. The molecule has 0 N–H and O–H groups in total. The van der Waals surface area contributed by atoms with Gasteiger partial charge in [-0.25, -0.2) is 4.79 Å². The summed E-state index contributed by atoms with van der Waals surface area (Å²) in [5.41, 5.74) is 0.707. The van der Waals surface area contributed by atoms with E-state index in [2.05, 4.69) is 19.6 Å². The van der Waals surface area contributed by atoms with Crippen molar-refractivity contribution < 1.29 is 23.1 Å². The number of hydrogen-bond donors (Lipinski definition) is 0. The van der Waals surface area contributed by atoms with Gasteiger partial charge in [-0.15, -0.1) is 0 Å². The molecule has 1 unspecified atom stereocenters. The highest BCUT2D eigenvalue weighted by molar-refractivity contribution is 6.70. The number of benzene rings is 1. The predicted molar refractivity (Wildman–Crippen MR) is 96.2 cm³/mol. The summed E-state index contributed by atoms with van der Waals surface area (Å²) in [5, 5.41) is 0. The van der Waals surface area contributed by atoms with Gasteiger partial charge in [0.15, 0.2) is 20.2 Å². The molecular formula is C16H28O5Si2. The Morgan fingerprint density at radius 3 is 2.00 bits per heavy atom. The van der Waals surface area contributed by atoms with Gasteiger partial charge in [-0.2, -0.15) is 0 Å². The van der Waals surface area contributed by atoms with Crippen LogP contribution in [0.1, 0.15) is 11.7 Å². The van der Waals surface area contributed by atoms with Crippen LogP contribution in [0.25, 0.3) is 0 Å². The summed E-state index contributed by atoms with van der Waals surface area (Å²) in [7, 11) is -0.731. The number of hydrogen-bond acceptors (Lipinski definition) is 5. The van der Waals surface area contributed by atoms with E-state index in [1.807, 2.05) is 31.8 Å². The quantitative estimate of drug-likeness (QED) is 0.546. The van der Waals surface area contributed by atoms with E-state index >= 15 is 0 Å². The molecule has 0 radical (unpaired) electrons. The Hall–Kier alpha value is -1.32. The van der Waals surface area contributed by atoms with Gasteiger partial charge in [0.25, 0.3) is 0 Å². The maximum Gasteiger partial charge on any atom is 0.338 e. The fourth-order valence-corrected chi connectivity index (χ4v) is 3.74. The molecule has 7 heteroatoms. The summed E-state index contributed by atoms with van der Waals surface area (Å²) in [6.45, 7) is 12.4. The molecule has 0 aromatic heterocycles. The minimum Gasteiger partial charge on any atom is -0.542 e. The van der Waals surface area contributed by atoms with Crippen molar-refractivity contribution in [2.75, 3.05) is 14.2 Å². The Bertz CT molecular complexity index is 546. The number of carbonyl (C=O) groups is 1. The van der Waals surface area contributed by atoms with Crippen LogP contribution in [0.3, 0.4) is 0 Å². The van der Waals surface area contributed by atoms with Gasteiger partial charge in [0.2, 0.25) is 8.32 Å². The molecule has 0 saturated carbocycles. The Labute approximate surface area is 141 Å². The number of esters is 1. The summed E-state index contributed by atoms with van der Waals surface area (Å²) >= 11 is 0. The van der Waals surface area contributed by atoms with Crippen LogP contribution in [0.2, 0.25) is 39.3 Å². The number of rotatable bonds is 7. The van der Waals surface area contributed by atoms with Crippen LogP contribution >= 0.6 is 0 Å². The Morgan fingerprint density at radius 1 is 0.957 bits per heavy atom. The molecule has 0 aliphatic carbocycles. The standard InChI is InChI=1S/C16H28O5Si2/c1-18-14-11-12(9-10-13(14)20-22(3,4)5)15(16(17)19-2)21-23(6,7)8/h9-11,15H,1-8H3. The van der Waals surface area contributed by atoms with E-state index in [0.29, 0.717) is 17.1 Å². The molecule has 0 amide bonds. The van der Waals surface area contributed by atoms with Crippen molar-refractivity contribution in [2.45, 2.75) is 45.4 Å². The first-order chi connectivity index (χ1) is 10.5. The van der Waals surface area contributed by atoms with Crippen LogP contribution in [0.15, 0.2) is 18.2 Å². The molecule has 0 bridgehead atoms.